The number of amides is 2. The summed E-state index contributed by atoms with van der Waals surface area (Å²) in [5, 5.41) is 3.20. The van der Waals surface area contributed by atoms with E-state index in [-0.39, 0.29) is 24.0 Å². The molecule has 26 heavy (non-hydrogen) atoms. The molecule has 0 aromatic carbocycles. The van der Waals surface area contributed by atoms with Gasteiger partial charge in [0.15, 0.2) is 6.04 Å². The van der Waals surface area contributed by atoms with E-state index in [2.05, 4.69) is 5.32 Å². The van der Waals surface area contributed by atoms with Crippen molar-refractivity contribution in [3.8, 4) is 0 Å². The van der Waals surface area contributed by atoms with E-state index < -0.39 is 6.04 Å². The molecule has 3 rings (SSSR count). The molecule has 6 heteroatoms. The van der Waals surface area contributed by atoms with Crippen LogP contribution in [-0.4, -0.2) is 46.6 Å². The number of nitrogens with zero attached hydrogens (tertiary/aromatic N) is 2. The summed E-state index contributed by atoms with van der Waals surface area (Å²) in [7, 11) is 0. The van der Waals surface area contributed by atoms with Crippen LogP contribution in [0.4, 0.5) is 0 Å². The third kappa shape index (κ3) is 4.47. The molecule has 2 heterocycles. The standard InChI is InChI=1S/C20H31N3O3/c1-15(2)26-13-7-12-23-18(24)14-22-11-6-10-17(22)19(23)20(25)21-16-8-4-3-5-9-16/h6,10-11,15-16,19H,3-5,7-9,12-14H2,1-2H3,(H,21,25). The zero-order chi connectivity index (χ0) is 18.5. The van der Waals surface area contributed by atoms with Crippen LogP contribution in [0.15, 0.2) is 18.3 Å². The van der Waals surface area contributed by atoms with Crippen LogP contribution in [0, 0.1) is 0 Å². The lowest BCUT2D eigenvalue weighted by molar-refractivity contribution is -0.144. The molecule has 6 nitrogen and oxygen atoms in total. The van der Waals surface area contributed by atoms with Gasteiger partial charge < -0.3 is 19.5 Å². The Labute approximate surface area is 155 Å². The summed E-state index contributed by atoms with van der Waals surface area (Å²) in [6.45, 7) is 5.44. The highest BCUT2D eigenvalue weighted by molar-refractivity contribution is 5.90. The first-order chi connectivity index (χ1) is 12.6. The van der Waals surface area contributed by atoms with Crippen LogP contribution in [0.1, 0.15) is 64.1 Å². The lowest BCUT2D eigenvalue weighted by Gasteiger charge is -2.37. The molecular weight excluding hydrogens is 330 g/mol. The average Bonchev–Trinajstić information content (AvgIpc) is 3.06. The van der Waals surface area contributed by atoms with E-state index in [9.17, 15) is 9.59 Å². The molecule has 2 aliphatic rings. The summed E-state index contributed by atoms with van der Waals surface area (Å²) in [5.41, 5.74) is 0.905. The molecular formula is C20H31N3O3. The van der Waals surface area contributed by atoms with Crippen LogP contribution in [0.3, 0.4) is 0 Å². The van der Waals surface area contributed by atoms with E-state index in [1.807, 2.05) is 36.7 Å². The number of aromatic nitrogens is 1. The molecule has 0 saturated heterocycles. The van der Waals surface area contributed by atoms with Gasteiger partial charge in [-0.25, -0.2) is 0 Å². The Morgan fingerprint density at radius 1 is 1.31 bits per heavy atom. The molecule has 144 valence electrons. The summed E-state index contributed by atoms with van der Waals surface area (Å²) in [4.78, 5) is 27.5. The molecule has 1 saturated carbocycles. The van der Waals surface area contributed by atoms with Crippen molar-refractivity contribution in [2.45, 2.75) is 77.1 Å². The smallest absolute Gasteiger partial charge is 0.249 e. The lowest BCUT2D eigenvalue weighted by atomic mass is 9.95. The topological polar surface area (TPSA) is 63.6 Å². The fourth-order valence-corrected chi connectivity index (χ4v) is 3.97. The Balaban J connectivity index is 1.70. The van der Waals surface area contributed by atoms with Crippen molar-refractivity contribution in [3.05, 3.63) is 24.0 Å². The van der Waals surface area contributed by atoms with Crippen LogP contribution in [0.25, 0.3) is 0 Å². The summed E-state index contributed by atoms with van der Waals surface area (Å²) in [6.07, 6.45) is 8.45. The third-order valence-electron chi connectivity index (χ3n) is 5.28. The molecule has 1 aromatic rings. The zero-order valence-electron chi connectivity index (χ0n) is 15.9. The zero-order valence-corrected chi connectivity index (χ0v) is 15.9. The molecule has 1 unspecified atom stereocenters. The maximum absolute atomic E-state index is 13.1. The summed E-state index contributed by atoms with van der Waals surface area (Å²) in [6, 6.07) is 3.57. The van der Waals surface area contributed by atoms with Crippen LogP contribution < -0.4 is 5.32 Å². The molecule has 1 aliphatic heterocycles. The average molecular weight is 361 g/mol. The Morgan fingerprint density at radius 3 is 2.81 bits per heavy atom. The number of hydrogen-bond donors (Lipinski definition) is 1. The summed E-state index contributed by atoms with van der Waals surface area (Å²) >= 11 is 0. The van der Waals surface area contributed by atoms with Crippen molar-refractivity contribution in [1.82, 2.24) is 14.8 Å². The molecule has 2 amide bonds. The third-order valence-corrected chi connectivity index (χ3v) is 5.28. The van der Waals surface area contributed by atoms with E-state index in [0.29, 0.717) is 19.7 Å². The van der Waals surface area contributed by atoms with Gasteiger partial charge in [-0.05, 0) is 45.2 Å². The predicted molar refractivity (Wildman–Crippen MR) is 99.6 cm³/mol. The molecule has 1 N–H and O–H groups in total. The van der Waals surface area contributed by atoms with E-state index in [1.165, 1.54) is 19.3 Å². The van der Waals surface area contributed by atoms with Gasteiger partial charge in [0.2, 0.25) is 11.8 Å². The van der Waals surface area contributed by atoms with Crippen LogP contribution >= 0.6 is 0 Å². The summed E-state index contributed by atoms with van der Waals surface area (Å²) in [5.74, 6) is -0.0447. The lowest BCUT2D eigenvalue weighted by Crippen LogP contribution is -2.51. The Kier molecular flexibility index (Phi) is 6.35. The monoisotopic (exact) mass is 361 g/mol. The second-order valence-electron chi connectivity index (χ2n) is 7.67. The highest BCUT2D eigenvalue weighted by Crippen LogP contribution is 2.28. The highest BCUT2D eigenvalue weighted by Gasteiger charge is 2.37. The van der Waals surface area contributed by atoms with Gasteiger partial charge in [0.25, 0.3) is 0 Å². The second-order valence-corrected chi connectivity index (χ2v) is 7.67. The number of fused-ring (bicyclic) bond motifs is 1. The predicted octanol–water partition coefficient (Wildman–Crippen LogP) is 2.64. The van der Waals surface area contributed by atoms with Crippen molar-refractivity contribution < 1.29 is 14.3 Å². The minimum absolute atomic E-state index is 0.00189. The van der Waals surface area contributed by atoms with Gasteiger partial charge in [0, 0.05) is 25.4 Å². The van der Waals surface area contributed by atoms with Crippen molar-refractivity contribution in [2.24, 2.45) is 0 Å². The molecule has 1 fully saturated rings. The first-order valence-electron chi connectivity index (χ1n) is 9.92. The first-order valence-corrected chi connectivity index (χ1v) is 9.92. The fourth-order valence-electron chi connectivity index (χ4n) is 3.97. The maximum atomic E-state index is 13.1. The highest BCUT2D eigenvalue weighted by atomic mass is 16.5. The molecule has 0 spiro atoms. The van der Waals surface area contributed by atoms with Gasteiger partial charge in [-0.1, -0.05) is 19.3 Å². The van der Waals surface area contributed by atoms with Crippen LogP contribution in [-0.2, 0) is 20.9 Å². The molecule has 0 radical (unpaired) electrons. The summed E-state index contributed by atoms with van der Waals surface area (Å²) < 4.78 is 7.49. The second kappa shape index (κ2) is 8.71. The quantitative estimate of drug-likeness (QED) is 0.760. The molecule has 0 bridgehead atoms. The van der Waals surface area contributed by atoms with E-state index in [0.717, 1.165) is 25.0 Å². The van der Waals surface area contributed by atoms with E-state index >= 15 is 0 Å². The van der Waals surface area contributed by atoms with Crippen molar-refractivity contribution in [2.75, 3.05) is 13.2 Å². The number of hydrogen-bond acceptors (Lipinski definition) is 3. The molecule has 1 atom stereocenters. The number of carbonyl (C=O) groups is 2. The maximum Gasteiger partial charge on any atom is 0.249 e. The van der Waals surface area contributed by atoms with Crippen molar-refractivity contribution in [3.63, 3.8) is 0 Å². The van der Waals surface area contributed by atoms with Crippen molar-refractivity contribution in [1.29, 1.82) is 0 Å². The number of nitrogens with one attached hydrogen (secondary N) is 1. The van der Waals surface area contributed by atoms with Crippen molar-refractivity contribution >= 4 is 11.8 Å². The minimum Gasteiger partial charge on any atom is -0.379 e. The Bertz CT molecular complexity index is 620. The normalized spacial score (nSPS) is 21.1. The molecule has 1 aromatic heterocycles. The number of carbonyl (C=O) groups excluding carboxylic acids is 2. The van der Waals surface area contributed by atoms with Crippen LogP contribution in [0.5, 0.6) is 0 Å². The first kappa shape index (κ1) is 19.0. The van der Waals surface area contributed by atoms with Gasteiger partial charge in [0.05, 0.1) is 11.8 Å². The molecule has 1 aliphatic carbocycles. The Morgan fingerprint density at radius 2 is 2.08 bits per heavy atom. The number of ether oxygens (including phenoxy) is 1. The largest absolute Gasteiger partial charge is 0.379 e. The van der Waals surface area contributed by atoms with Gasteiger partial charge in [0.1, 0.15) is 6.54 Å². The minimum atomic E-state index is -0.535. The number of rotatable bonds is 7. The Hall–Kier alpha value is -1.82. The van der Waals surface area contributed by atoms with E-state index in [4.69, 9.17) is 4.74 Å². The SMILES string of the molecule is CC(C)OCCCN1C(=O)Cn2cccc2C1C(=O)NC1CCCCC1. The van der Waals surface area contributed by atoms with E-state index in [1.54, 1.807) is 4.90 Å². The van der Waals surface area contributed by atoms with Crippen LogP contribution in [0.2, 0.25) is 0 Å². The fraction of sp³-hybridized carbons (Fsp3) is 0.700. The van der Waals surface area contributed by atoms with Gasteiger partial charge in [-0.2, -0.15) is 0 Å². The van der Waals surface area contributed by atoms with Gasteiger partial charge in [-0.3, -0.25) is 9.59 Å². The van der Waals surface area contributed by atoms with Gasteiger partial charge in [-0.15, -0.1) is 0 Å². The van der Waals surface area contributed by atoms with Gasteiger partial charge >= 0.3 is 0 Å².